The normalized spacial score (nSPS) is 13.3. The van der Waals surface area contributed by atoms with Gasteiger partial charge in [0.1, 0.15) is 0 Å². The highest BCUT2D eigenvalue weighted by Crippen LogP contribution is 2.31. The van der Waals surface area contributed by atoms with Gasteiger partial charge in [0.05, 0.1) is 4.92 Å². The lowest BCUT2D eigenvalue weighted by Gasteiger charge is -2.29. The molecule has 0 bridgehead atoms. The van der Waals surface area contributed by atoms with Gasteiger partial charge in [0.25, 0.3) is 5.91 Å². The van der Waals surface area contributed by atoms with Gasteiger partial charge in [-0.05, 0) is 36.6 Å². The Morgan fingerprint density at radius 3 is 2.88 bits per heavy atom. The second-order valence-electron chi connectivity index (χ2n) is 5.44. The maximum absolute atomic E-state index is 12.5. The second kappa shape index (κ2) is 6.88. The quantitative estimate of drug-likeness (QED) is 0.626. The number of aryl methyl sites for hydroxylation is 1. The SMILES string of the molecule is O=C(COc1ccc(Cl)cc1[N+](=O)[O-])N1CCCc2ccccc21. The average Bonchev–Trinajstić information content (AvgIpc) is 2.59. The van der Waals surface area contributed by atoms with Gasteiger partial charge >= 0.3 is 5.69 Å². The van der Waals surface area contributed by atoms with E-state index in [1.807, 2.05) is 24.3 Å². The van der Waals surface area contributed by atoms with Gasteiger partial charge in [-0.15, -0.1) is 0 Å². The van der Waals surface area contributed by atoms with Gasteiger partial charge in [-0.2, -0.15) is 0 Å². The van der Waals surface area contributed by atoms with Gasteiger partial charge in [0.15, 0.2) is 12.4 Å². The highest BCUT2D eigenvalue weighted by molar-refractivity contribution is 6.30. The van der Waals surface area contributed by atoms with E-state index in [2.05, 4.69) is 0 Å². The van der Waals surface area contributed by atoms with Crippen molar-refractivity contribution in [2.24, 2.45) is 0 Å². The molecule has 0 radical (unpaired) electrons. The minimum Gasteiger partial charge on any atom is -0.477 e. The molecule has 6 nitrogen and oxygen atoms in total. The van der Waals surface area contributed by atoms with Gasteiger partial charge in [0, 0.05) is 23.3 Å². The molecule has 0 N–H and O–H groups in total. The maximum atomic E-state index is 12.5. The van der Waals surface area contributed by atoms with Crippen LogP contribution in [0.15, 0.2) is 42.5 Å². The number of hydrogen-bond acceptors (Lipinski definition) is 4. The van der Waals surface area contributed by atoms with Crippen molar-refractivity contribution in [3.8, 4) is 5.75 Å². The number of nitrogens with zero attached hydrogens (tertiary/aromatic N) is 2. The topological polar surface area (TPSA) is 72.7 Å². The fourth-order valence-corrected chi connectivity index (χ4v) is 2.93. The van der Waals surface area contributed by atoms with E-state index in [0.717, 1.165) is 24.1 Å². The Hall–Kier alpha value is -2.60. The fourth-order valence-electron chi connectivity index (χ4n) is 2.77. The third-order valence-electron chi connectivity index (χ3n) is 3.88. The van der Waals surface area contributed by atoms with Crippen LogP contribution in [-0.2, 0) is 11.2 Å². The number of anilines is 1. The monoisotopic (exact) mass is 346 g/mol. The Balaban J connectivity index is 1.75. The predicted molar refractivity (Wildman–Crippen MR) is 90.7 cm³/mol. The van der Waals surface area contributed by atoms with Crippen molar-refractivity contribution in [1.29, 1.82) is 0 Å². The molecular formula is C17H15ClN2O4. The number of benzene rings is 2. The zero-order valence-corrected chi connectivity index (χ0v) is 13.5. The zero-order valence-electron chi connectivity index (χ0n) is 12.8. The Bertz CT molecular complexity index is 794. The Kier molecular flexibility index (Phi) is 4.66. The molecule has 0 spiro atoms. The van der Waals surface area contributed by atoms with E-state index in [0.29, 0.717) is 6.54 Å². The summed E-state index contributed by atoms with van der Waals surface area (Å²) in [5.74, 6) is -0.200. The number of fused-ring (bicyclic) bond motifs is 1. The van der Waals surface area contributed by atoms with Crippen molar-refractivity contribution in [1.82, 2.24) is 0 Å². The Morgan fingerprint density at radius 1 is 1.29 bits per heavy atom. The van der Waals surface area contributed by atoms with Crippen LogP contribution in [0.2, 0.25) is 5.02 Å². The second-order valence-corrected chi connectivity index (χ2v) is 5.87. The molecule has 0 fully saturated rings. The van der Waals surface area contributed by atoms with Crippen molar-refractivity contribution in [3.05, 3.63) is 63.2 Å². The summed E-state index contributed by atoms with van der Waals surface area (Å²) in [6.45, 7) is 0.346. The molecule has 0 saturated heterocycles. The highest BCUT2D eigenvalue weighted by Gasteiger charge is 2.23. The van der Waals surface area contributed by atoms with Crippen LogP contribution in [0.4, 0.5) is 11.4 Å². The van der Waals surface area contributed by atoms with Crippen LogP contribution in [-0.4, -0.2) is 24.0 Å². The van der Waals surface area contributed by atoms with Gasteiger partial charge < -0.3 is 9.64 Å². The van der Waals surface area contributed by atoms with Crippen LogP contribution in [0, 0.1) is 10.1 Å². The molecule has 24 heavy (non-hydrogen) atoms. The fraction of sp³-hybridized carbons (Fsp3) is 0.235. The maximum Gasteiger partial charge on any atom is 0.312 e. The lowest BCUT2D eigenvalue weighted by Crippen LogP contribution is -2.38. The molecule has 7 heteroatoms. The van der Waals surface area contributed by atoms with Crippen molar-refractivity contribution in [2.45, 2.75) is 12.8 Å². The number of carbonyl (C=O) groups is 1. The summed E-state index contributed by atoms with van der Waals surface area (Å²) in [4.78, 5) is 24.6. The first kappa shape index (κ1) is 16.3. The minimum atomic E-state index is -0.581. The van der Waals surface area contributed by atoms with Crippen molar-refractivity contribution < 1.29 is 14.5 Å². The molecule has 1 amide bonds. The van der Waals surface area contributed by atoms with Crippen LogP contribution in [0.3, 0.4) is 0 Å². The first-order chi connectivity index (χ1) is 11.6. The number of carbonyl (C=O) groups excluding carboxylic acids is 1. The summed E-state index contributed by atoms with van der Waals surface area (Å²) in [6, 6.07) is 11.8. The van der Waals surface area contributed by atoms with Crippen molar-refractivity contribution in [3.63, 3.8) is 0 Å². The number of nitro benzene ring substituents is 1. The van der Waals surface area contributed by atoms with E-state index in [9.17, 15) is 14.9 Å². The number of rotatable bonds is 4. The van der Waals surface area contributed by atoms with Crippen LogP contribution in [0.5, 0.6) is 5.75 Å². The lowest BCUT2D eigenvalue weighted by atomic mass is 10.0. The van der Waals surface area contributed by atoms with E-state index in [1.165, 1.54) is 18.2 Å². The Morgan fingerprint density at radius 2 is 2.08 bits per heavy atom. The zero-order chi connectivity index (χ0) is 17.1. The first-order valence-corrected chi connectivity index (χ1v) is 7.89. The third kappa shape index (κ3) is 3.33. The average molecular weight is 347 g/mol. The van der Waals surface area contributed by atoms with Crippen molar-refractivity contribution >= 4 is 28.9 Å². The standard InChI is InChI=1S/C17H15ClN2O4/c18-13-7-8-16(15(10-13)20(22)23)24-11-17(21)19-9-3-5-12-4-1-2-6-14(12)19/h1-2,4,6-8,10H,3,5,9,11H2. The summed E-state index contributed by atoms with van der Waals surface area (Å²) in [5.41, 5.74) is 1.74. The molecule has 3 rings (SSSR count). The summed E-state index contributed by atoms with van der Waals surface area (Å²) < 4.78 is 5.39. The number of hydrogen-bond donors (Lipinski definition) is 0. The lowest BCUT2D eigenvalue weighted by molar-refractivity contribution is -0.385. The van der Waals surface area contributed by atoms with E-state index in [4.69, 9.17) is 16.3 Å². The minimum absolute atomic E-state index is 0.0306. The third-order valence-corrected chi connectivity index (χ3v) is 4.12. The summed E-state index contributed by atoms with van der Waals surface area (Å²) >= 11 is 5.77. The van der Waals surface area contributed by atoms with Gasteiger partial charge in [-0.1, -0.05) is 29.8 Å². The number of nitro groups is 1. The molecule has 0 atom stereocenters. The first-order valence-electron chi connectivity index (χ1n) is 7.51. The highest BCUT2D eigenvalue weighted by atomic mass is 35.5. The van der Waals surface area contributed by atoms with Gasteiger partial charge in [-0.3, -0.25) is 14.9 Å². The largest absolute Gasteiger partial charge is 0.477 e. The number of ether oxygens (including phenoxy) is 1. The van der Waals surface area contributed by atoms with Crippen LogP contribution in [0.25, 0.3) is 0 Å². The molecule has 124 valence electrons. The van der Waals surface area contributed by atoms with Crippen molar-refractivity contribution in [2.75, 3.05) is 18.1 Å². The molecular weight excluding hydrogens is 332 g/mol. The molecule has 1 aliphatic heterocycles. The van der Waals surface area contributed by atoms with Crippen LogP contribution < -0.4 is 9.64 Å². The summed E-state index contributed by atoms with van der Waals surface area (Å²) in [7, 11) is 0. The molecule has 0 saturated carbocycles. The van der Waals surface area contributed by atoms with Crippen LogP contribution >= 0.6 is 11.6 Å². The molecule has 0 aliphatic carbocycles. The molecule has 0 aromatic heterocycles. The van der Waals surface area contributed by atoms with Gasteiger partial charge in [0.2, 0.25) is 0 Å². The summed E-state index contributed by atoms with van der Waals surface area (Å²) in [5, 5.41) is 11.3. The van der Waals surface area contributed by atoms with E-state index < -0.39 is 4.92 Å². The number of halogens is 1. The van der Waals surface area contributed by atoms with Gasteiger partial charge in [-0.25, -0.2) is 0 Å². The summed E-state index contributed by atoms with van der Waals surface area (Å²) in [6.07, 6.45) is 1.81. The smallest absolute Gasteiger partial charge is 0.312 e. The molecule has 2 aromatic rings. The molecule has 1 heterocycles. The number of amides is 1. The predicted octanol–water partition coefficient (Wildman–Crippen LogP) is 3.61. The van der Waals surface area contributed by atoms with E-state index in [1.54, 1.807) is 4.90 Å². The molecule has 2 aromatic carbocycles. The number of para-hydroxylation sites is 1. The molecule has 0 unspecified atom stereocenters. The van der Waals surface area contributed by atoms with E-state index in [-0.39, 0.29) is 29.0 Å². The van der Waals surface area contributed by atoms with E-state index >= 15 is 0 Å². The Labute approximate surface area is 143 Å². The van der Waals surface area contributed by atoms with Crippen LogP contribution in [0.1, 0.15) is 12.0 Å². The molecule has 1 aliphatic rings.